The number of carbonyl (C=O) groups excluding carboxylic acids is 1. The van der Waals surface area contributed by atoms with Crippen LogP contribution in [0.15, 0.2) is 24.3 Å². The summed E-state index contributed by atoms with van der Waals surface area (Å²) in [4.78, 5) is 13.5. The van der Waals surface area contributed by atoms with Gasteiger partial charge >= 0.3 is 0 Å². The molecule has 0 saturated carbocycles. The van der Waals surface area contributed by atoms with Crippen molar-refractivity contribution in [3.05, 3.63) is 35.6 Å². The number of carbonyl (C=O) groups is 1. The van der Waals surface area contributed by atoms with Gasteiger partial charge in [-0.2, -0.15) is 0 Å². The number of hydrogen-bond acceptors (Lipinski definition) is 2. The van der Waals surface area contributed by atoms with Gasteiger partial charge in [0, 0.05) is 19.1 Å². The van der Waals surface area contributed by atoms with Crippen molar-refractivity contribution in [1.82, 2.24) is 4.90 Å². The molecule has 1 fully saturated rings. The molecule has 3 nitrogen and oxygen atoms in total. The third kappa shape index (κ3) is 2.39. The summed E-state index contributed by atoms with van der Waals surface area (Å²) in [6.07, 6.45) is 0.961. The molecule has 0 unspecified atom stereocenters. The Morgan fingerprint density at radius 1 is 1.50 bits per heavy atom. The number of halogens is 1. The highest BCUT2D eigenvalue weighted by Crippen LogP contribution is 2.12. The lowest BCUT2D eigenvalue weighted by Gasteiger charge is -2.15. The number of amides is 1. The van der Waals surface area contributed by atoms with E-state index in [1.807, 2.05) is 0 Å². The third-order valence-electron chi connectivity index (χ3n) is 2.88. The number of nitrogens with zero attached hydrogens (tertiary/aromatic N) is 1. The van der Waals surface area contributed by atoms with Crippen molar-refractivity contribution in [2.45, 2.75) is 18.9 Å². The second kappa shape index (κ2) is 4.61. The van der Waals surface area contributed by atoms with E-state index < -0.39 is 0 Å². The quantitative estimate of drug-likeness (QED) is 0.809. The van der Waals surface area contributed by atoms with Crippen molar-refractivity contribution < 1.29 is 9.18 Å². The summed E-state index contributed by atoms with van der Waals surface area (Å²) in [5, 5.41) is 0. The zero-order valence-corrected chi connectivity index (χ0v) is 9.03. The molecule has 1 aromatic rings. The van der Waals surface area contributed by atoms with Crippen molar-refractivity contribution in [2.24, 2.45) is 5.73 Å². The summed E-state index contributed by atoms with van der Waals surface area (Å²) in [6, 6.07) is 6.45. The first-order chi connectivity index (χ1) is 7.66. The Hall–Kier alpha value is -1.42. The van der Waals surface area contributed by atoms with Crippen LogP contribution in [0.1, 0.15) is 12.0 Å². The SMILES string of the molecule is N[C@H]1CCN(C(=O)Cc2ccccc2F)C1. The van der Waals surface area contributed by atoms with E-state index >= 15 is 0 Å². The highest BCUT2D eigenvalue weighted by Gasteiger charge is 2.23. The Balaban J connectivity index is 2.00. The molecule has 0 aliphatic carbocycles. The molecule has 0 radical (unpaired) electrons. The maximum Gasteiger partial charge on any atom is 0.227 e. The zero-order chi connectivity index (χ0) is 11.5. The lowest BCUT2D eigenvalue weighted by atomic mass is 10.1. The van der Waals surface area contributed by atoms with Gasteiger partial charge in [-0.25, -0.2) is 4.39 Å². The van der Waals surface area contributed by atoms with Gasteiger partial charge in [0.1, 0.15) is 5.82 Å². The van der Waals surface area contributed by atoms with E-state index in [-0.39, 0.29) is 24.2 Å². The first-order valence-electron chi connectivity index (χ1n) is 5.43. The van der Waals surface area contributed by atoms with Gasteiger partial charge in [0.2, 0.25) is 5.91 Å². The van der Waals surface area contributed by atoms with E-state index in [1.54, 1.807) is 23.1 Å². The molecule has 4 heteroatoms. The highest BCUT2D eigenvalue weighted by molar-refractivity contribution is 5.79. The minimum atomic E-state index is -0.320. The predicted octanol–water partition coefficient (Wildman–Crippen LogP) is 0.928. The fraction of sp³-hybridized carbons (Fsp3) is 0.417. The molecule has 0 bridgehead atoms. The van der Waals surface area contributed by atoms with Gasteiger partial charge in [-0.3, -0.25) is 4.79 Å². The van der Waals surface area contributed by atoms with Crippen molar-refractivity contribution in [3.63, 3.8) is 0 Å². The summed E-state index contributed by atoms with van der Waals surface area (Å²) in [7, 11) is 0. The summed E-state index contributed by atoms with van der Waals surface area (Å²) in [5.74, 6) is -0.364. The van der Waals surface area contributed by atoms with Crippen LogP contribution in [0.3, 0.4) is 0 Å². The van der Waals surface area contributed by atoms with Gasteiger partial charge in [-0.15, -0.1) is 0 Å². The van der Waals surface area contributed by atoms with E-state index in [1.165, 1.54) is 6.07 Å². The van der Waals surface area contributed by atoms with E-state index in [9.17, 15) is 9.18 Å². The predicted molar refractivity (Wildman–Crippen MR) is 59.3 cm³/mol. The average molecular weight is 222 g/mol. The van der Waals surface area contributed by atoms with Crippen LogP contribution in [-0.4, -0.2) is 29.9 Å². The van der Waals surface area contributed by atoms with Crippen LogP contribution in [-0.2, 0) is 11.2 Å². The minimum absolute atomic E-state index is 0.0435. The molecule has 1 aliphatic heterocycles. The van der Waals surface area contributed by atoms with Crippen LogP contribution in [0.2, 0.25) is 0 Å². The summed E-state index contributed by atoms with van der Waals surface area (Å²) in [5.41, 5.74) is 6.17. The Kier molecular flexibility index (Phi) is 3.19. The Morgan fingerprint density at radius 2 is 2.25 bits per heavy atom. The Morgan fingerprint density at radius 3 is 2.88 bits per heavy atom. The van der Waals surface area contributed by atoms with Gasteiger partial charge < -0.3 is 10.6 Å². The zero-order valence-electron chi connectivity index (χ0n) is 9.03. The molecule has 1 atom stereocenters. The number of nitrogens with two attached hydrogens (primary N) is 1. The van der Waals surface area contributed by atoms with Crippen LogP contribution < -0.4 is 5.73 Å². The second-order valence-corrected chi connectivity index (χ2v) is 4.16. The maximum absolute atomic E-state index is 13.3. The van der Waals surface area contributed by atoms with Gasteiger partial charge in [-0.05, 0) is 18.1 Å². The first kappa shape index (κ1) is 11.1. The summed E-state index contributed by atoms with van der Waals surface area (Å²) >= 11 is 0. The molecule has 1 heterocycles. The molecule has 16 heavy (non-hydrogen) atoms. The Bertz CT molecular complexity index is 394. The second-order valence-electron chi connectivity index (χ2n) is 4.16. The van der Waals surface area contributed by atoms with Gasteiger partial charge in [0.05, 0.1) is 6.42 Å². The van der Waals surface area contributed by atoms with Crippen molar-refractivity contribution in [1.29, 1.82) is 0 Å². The number of hydrogen-bond donors (Lipinski definition) is 1. The molecule has 2 rings (SSSR count). The fourth-order valence-electron chi connectivity index (χ4n) is 1.93. The monoisotopic (exact) mass is 222 g/mol. The standard InChI is InChI=1S/C12H15FN2O/c13-11-4-2-1-3-9(11)7-12(16)15-6-5-10(14)8-15/h1-4,10H,5-8,14H2/t10-/m0/s1. The Labute approximate surface area is 94.0 Å². The summed E-state index contributed by atoms with van der Waals surface area (Å²) in [6.45, 7) is 1.28. The molecular formula is C12H15FN2O. The van der Waals surface area contributed by atoms with E-state index in [0.29, 0.717) is 18.7 Å². The lowest BCUT2D eigenvalue weighted by molar-refractivity contribution is -0.129. The molecule has 0 spiro atoms. The van der Waals surface area contributed by atoms with Crippen molar-refractivity contribution >= 4 is 5.91 Å². The van der Waals surface area contributed by atoms with Crippen LogP contribution in [0, 0.1) is 5.82 Å². The largest absolute Gasteiger partial charge is 0.341 e. The molecule has 1 saturated heterocycles. The van der Waals surface area contributed by atoms with Crippen LogP contribution in [0.4, 0.5) is 4.39 Å². The normalized spacial score (nSPS) is 20.1. The van der Waals surface area contributed by atoms with E-state index in [4.69, 9.17) is 5.73 Å². The van der Waals surface area contributed by atoms with Crippen LogP contribution in [0.5, 0.6) is 0 Å². The molecular weight excluding hydrogens is 207 g/mol. The minimum Gasteiger partial charge on any atom is -0.341 e. The highest BCUT2D eigenvalue weighted by atomic mass is 19.1. The first-order valence-corrected chi connectivity index (χ1v) is 5.43. The third-order valence-corrected chi connectivity index (χ3v) is 2.88. The maximum atomic E-state index is 13.3. The number of benzene rings is 1. The van der Waals surface area contributed by atoms with Crippen molar-refractivity contribution in [3.8, 4) is 0 Å². The molecule has 1 aromatic carbocycles. The summed E-state index contributed by atoms with van der Waals surface area (Å²) < 4.78 is 13.3. The van der Waals surface area contributed by atoms with Crippen LogP contribution >= 0.6 is 0 Å². The lowest BCUT2D eigenvalue weighted by Crippen LogP contribution is -2.33. The topological polar surface area (TPSA) is 46.3 Å². The van der Waals surface area contributed by atoms with Gasteiger partial charge in [0.15, 0.2) is 0 Å². The smallest absolute Gasteiger partial charge is 0.227 e. The fourth-order valence-corrected chi connectivity index (χ4v) is 1.93. The molecule has 1 aliphatic rings. The van der Waals surface area contributed by atoms with Crippen LogP contribution in [0.25, 0.3) is 0 Å². The number of rotatable bonds is 2. The van der Waals surface area contributed by atoms with E-state index in [0.717, 1.165) is 6.42 Å². The number of likely N-dealkylation sites (tertiary alicyclic amines) is 1. The molecule has 0 aromatic heterocycles. The van der Waals surface area contributed by atoms with Gasteiger partial charge in [0.25, 0.3) is 0 Å². The van der Waals surface area contributed by atoms with Crippen molar-refractivity contribution in [2.75, 3.05) is 13.1 Å². The average Bonchev–Trinajstić information content (AvgIpc) is 2.68. The van der Waals surface area contributed by atoms with Gasteiger partial charge in [-0.1, -0.05) is 18.2 Å². The molecule has 1 amide bonds. The molecule has 86 valence electrons. The van der Waals surface area contributed by atoms with E-state index in [2.05, 4.69) is 0 Å². The molecule has 2 N–H and O–H groups in total.